The first-order valence-electron chi connectivity index (χ1n) is 7.48. The van der Waals surface area contributed by atoms with Crippen LogP contribution >= 0.6 is 0 Å². The lowest BCUT2D eigenvalue weighted by Gasteiger charge is -2.44. The van der Waals surface area contributed by atoms with Gasteiger partial charge in [-0.15, -0.1) is 0 Å². The topological polar surface area (TPSA) is 71.5 Å². The maximum absolute atomic E-state index is 5.98. The molecule has 6 nitrogen and oxygen atoms in total. The Kier molecular flexibility index (Phi) is 3.09. The van der Waals surface area contributed by atoms with Gasteiger partial charge in [0, 0.05) is 23.7 Å². The van der Waals surface area contributed by atoms with Crippen LogP contribution in [0.15, 0.2) is 30.6 Å². The number of methoxy groups -OCH3 is 1. The lowest BCUT2D eigenvalue weighted by atomic mass is 9.85. The molecule has 1 aromatic heterocycles. The molecule has 22 heavy (non-hydrogen) atoms. The molecule has 2 fully saturated rings. The highest BCUT2D eigenvalue weighted by molar-refractivity contribution is 5.76. The summed E-state index contributed by atoms with van der Waals surface area (Å²) in [6.45, 7) is 1.32. The molecule has 2 aromatic rings. The lowest BCUT2D eigenvalue weighted by Crippen LogP contribution is -2.49. The number of hydrogen-bond acceptors (Lipinski definition) is 5. The van der Waals surface area contributed by atoms with Crippen molar-refractivity contribution in [3.8, 4) is 16.9 Å². The van der Waals surface area contributed by atoms with E-state index in [9.17, 15) is 0 Å². The van der Waals surface area contributed by atoms with E-state index in [0.717, 1.165) is 24.0 Å². The quantitative estimate of drug-likeness (QED) is 0.880. The molecule has 1 spiro atoms. The summed E-state index contributed by atoms with van der Waals surface area (Å²) in [5.41, 5.74) is 8.51. The van der Waals surface area contributed by atoms with Crippen LogP contribution in [0.3, 0.4) is 0 Å². The summed E-state index contributed by atoms with van der Waals surface area (Å²) in [5.74, 6) is 0.210. The number of rotatable bonds is 3. The summed E-state index contributed by atoms with van der Waals surface area (Å²) in [5, 5.41) is 4.50. The second kappa shape index (κ2) is 5.00. The highest BCUT2D eigenvalue weighted by Crippen LogP contribution is 2.48. The second-order valence-electron chi connectivity index (χ2n) is 5.70. The summed E-state index contributed by atoms with van der Waals surface area (Å²) >= 11 is 0. The highest BCUT2D eigenvalue weighted by Gasteiger charge is 2.53. The third-order valence-electron chi connectivity index (χ3n) is 4.53. The number of nitrogens with zero attached hydrogens (tertiary/aromatic N) is 2. The van der Waals surface area contributed by atoms with Crippen molar-refractivity contribution >= 4 is 5.69 Å². The molecule has 1 saturated heterocycles. The molecule has 2 N–H and O–H groups in total. The zero-order chi connectivity index (χ0) is 15.2. The maximum Gasteiger partial charge on any atom is 0.191 e. The van der Waals surface area contributed by atoms with E-state index in [0.29, 0.717) is 24.7 Å². The van der Waals surface area contributed by atoms with Crippen molar-refractivity contribution in [3.05, 3.63) is 30.6 Å². The number of ether oxygens (including phenoxy) is 3. The Morgan fingerprint density at radius 1 is 1.36 bits per heavy atom. The predicted molar refractivity (Wildman–Crippen MR) is 81.5 cm³/mol. The van der Waals surface area contributed by atoms with E-state index in [1.54, 1.807) is 7.11 Å². The minimum atomic E-state index is -0.469. The van der Waals surface area contributed by atoms with E-state index in [2.05, 4.69) is 5.10 Å². The summed E-state index contributed by atoms with van der Waals surface area (Å²) in [7, 11) is 1.63. The summed E-state index contributed by atoms with van der Waals surface area (Å²) in [6, 6.07) is 5.86. The molecule has 0 bridgehead atoms. The number of anilines is 1. The Morgan fingerprint density at radius 2 is 2.18 bits per heavy atom. The number of nitrogen functional groups attached to an aromatic ring is 1. The SMILES string of the molecule is COc1c(N)cccc1-c1cnn(C2CCC23OCCO3)c1. The van der Waals surface area contributed by atoms with Crippen LogP contribution in [0.1, 0.15) is 18.9 Å². The van der Waals surface area contributed by atoms with E-state index >= 15 is 0 Å². The molecule has 1 aliphatic carbocycles. The minimum absolute atomic E-state index is 0.135. The van der Waals surface area contributed by atoms with Crippen LogP contribution in [0.25, 0.3) is 11.1 Å². The van der Waals surface area contributed by atoms with Gasteiger partial charge >= 0.3 is 0 Å². The van der Waals surface area contributed by atoms with Crippen molar-refractivity contribution in [3.63, 3.8) is 0 Å². The van der Waals surface area contributed by atoms with Crippen LogP contribution in [0.4, 0.5) is 5.69 Å². The average molecular weight is 301 g/mol. The molecule has 1 aromatic carbocycles. The normalized spacial score (nSPS) is 22.7. The van der Waals surface area contributed by atoms with Gasteiger partial charge in [0.15, 0.2) is 5.79 Å². The molecule has 116 valence electrons. The van der Waals surface area contributed by atoms with E-state index in [1.165, 1.54) is 0 Å². The lowest BCUT2D eigenvalue weighted by molar-refractivity contribution is -0.242. The van der Waals surface area contributed by atoms with Gasteiger partial charge in [0.05, 0.1) is 32.2 Å². The number of nitrogens with two attached hydrogens (primary N) is 1. The van der Waals surface area contributed by atoms with Crippen LogP contribution in [-0.4, -0.2) is 35.9 Å². The first-order chi connectivity index (χ1) is 10.7. The second-order valence-corrected chi connectivity index (χ2v) is 5.70. The zero-order valence-electron chi connectivity index (χ0n) is 12.5. The van der Waals surface area contributed by atoms with Gasteiger partial charge in [0.1, 0.15) is 11.8 Å². The van der Waals surface area contributed by atoms with Crippen molar-refractivity contribution in [1.82, 2.24) is 9.78 Å². The summed E-state index contributed by atoms with van der Waals surface area (Å²) < 4.78 is 18.9. The predicted octanol–water partition coefficient (Wildman–Crippen LogP) is 2.22. The standard InChI is InChI=1S/C16H19N3O3/c1-20-15-12(3-2-4-13(15)17)11-9-18-19(10-11)14-5-6-16(14)21-7-8-22-16/h2-4,9-10,14H,5-8,17H2,1H3. The van der Waals surface area contributed by atoms with Gasteiger partial charge in [-0.1, -0.05) is 12.1 Å². The van der Waals surface area contributed by atoms with Crippen LogP contribution in [0.2, 0.25) is 0 Å². The van der Waals surface area contributed by atoms with E-state index in [4.69, 9.17) is 19.9 Å². The monoisotopic (exact) mass is 301 g/mol. The highest BCUT2D eigenvalue weighted by atomic mass is 16.7. The Morgan fingerprint density at radius 3 is 2.86 bits per heavy atom. The molecule has 0 amide bonds. The molecule has 1 atom stereocenters. The summed E-state index contributed by atoms with van der Waals surface area (Å²) in [6.07, 6.45) is 5.77. The molecule has 1 unspecified atom stereocenters. The summed E-state index contributed by atoms with van der Waals surface area (Å²) in [4.78, 5) is 0. The molecule has 2 aliphatic rings. The van der Waals surface area contributed by atoms with Gasteiger partial charge < -0.3 is 19.9 Å². The Labute approximate surface area is 128 Å². The zero-order valence-corrected chi connectivity index (χ0v) is 12.5. The van der Waals surface area contributed by atoms with E-state index in [-0.39, 0.29) is 6.04 Å². The molecule has 6 heteroatoms. The van der Waals surface area contributed by atoms with Gasteiger partial charge in [0.25, 0.3) is 0 Å². The Balaban J connectivity index is 1.66. The van der Waals surface area contributed by atoms with Gasteiger partial charge in [0.2, 0.25) is 0 Å². The fraction of sp³-hybridized carbons (Fsp3) is 0.438. The van der Waals surface area contributed by atoms with Crippen molar-refractivity contribution in [2.45, 2.75) is 24.7 Å². The van der Waals surface area contributed by atoms with Gasteiger partial charge in [-0.25, -0.2) is 0 Å². The molecule has 1 saturated carbocycles. The van der Waals surface area contributed by atoms with Crippen LogP contribution in [0, 0.1) is 0 Å². The van der Waals surface area contributed by atoms with Crippen molar-refractivity contribution < 1.29 is 14.2 Å². The third kappa shape index (κ3) is 1.91. The third-order valence-corrected chi connectivity index (χ3v) is 4.53. The number of aromatic nitrogens is 2. The first kappa shape index (κ1) is 13.6. The molecule has 0 radical (unpaired) electrons. The van der Waals surface area contributed by atoms with Crippen LogP contribution < -0.4 is 10.5 Å². The molecular formula is C16H19N3O3. The fourth-order valence-electron chi connectivity index (χ4n) is 3.31. The van der Waals surface area contributed by atoms with Crippen molar-refractivity contribution in [2.24, 2.45) is 0 Å². The van der Waals surface area contributed by atoms with Crippen molar-refractivity contribution in [1.29, 1.82) is 0 Å². The van der Waals surface area contributed by atoms with Gasteiger partial charge in [-0.05, 0) is 12.5 Å². The van der Waals surface area contributed by atoms with Crippen LogP contribution in [-0.2, 0) is 9.47 Å². The van der Waals surface area contributed by atoms with E-state index in [1.807, 2.05) is 35.3 Å². The van der Waals surface area contributed by atoms with Crippen LogP contribution in [0.5, 0.6) is 5.75 Å². The maximum atomic E-state index is 5.98. The van der Waals surface area contributed by atoms with Gasteiger partial charge in [-0.3, -0.25) is 4.68 Å². The minimum Gasteiger partial charge on any atom is -0.494 e. The molecule has 2 heterocycles. The molecule has 4 rings (SSSR count). The average Bonchev–Trinajstić information content (AvgIpc) is 3.16. The largest absolute Gasteiger partial charge is 0.494 e. The Hall–Kier alpha value is -2.05. The van der Waals surface area contributed by atoms with Gasteiger partial charge in [-0.2, -0.15) is 5.10 Å². The molecular weight excluding hydrogens is 282 g/mol. The molecule has 1 aliphatic heterocycles. The fourth-order valence-corrected chi connectivity index (χ4v) is 3.31. The number of hydrogen-bond donors (Lipinski definition) is 1. The van der Waals surface area contributed by atoms with Crippen molar-refractivity contribution in [2.75, 3.05) is 26.1 Å². The number of benzene rings is 1. The first-order valence-corrected chi connectivity index (χ1v) is 7.48. The van der Waals surface area contributed by atoms with E-state index < -0.39 is 5.79 Å². The number of para-hydroxylation sites is 1. The smallest absolute Gasteiger partial charge is 0.191 e. The Bertz CT molecular complexity index is 692.